The molecule has 0 radical (unpaired) electrons. The van der Waals surface area contributed by atoms with Crippen LogP contribution in [0.15, 0.2) is 35.2 Å². The third kappa shape index (κ3) is 1.65. The van der Waals surface area contributed by atoms with Gasteiger partial charge in [-0.15, -0.1) is 0 Å². The number of rotatable bonds is 2. The molecule has 0 bridgehead atoms. The van der Waals surface area contributed by atoms with Crippen molar-refractivity contribution in [2.24, 2.45) is 0 Å². The van der Waals surface area contributed by atoms with Crippen molar-refractivity contribution >= 4 is 5.65 Å². The molecule has 5 nitrogen and oxygen atoms in total. The zero-order valence-electron chi connectivity index (χ0n) is 9.29. The second-order valence-corrected chi connectivity index (χ2v) is 3.90. The van der Waals surface area contributed by atoms with Gasteiger partial charge in [0.05, 0.1) is 24.6 Å². The number of imidazole rings is 1. The van der Waals surface area contributed by atoms with E-state index in [4.69, 9.17) is 4.42 Å². The molecule has 3 heterocycles. The Hall–Kier alpha value is -2.30. The van der Waals surface area contributed by atoms with Crippen LogP contribution >= 0.6 is 0 Å². The van der Waals surface area contributed by atoms with Crippen LogP contribution in [-0.4, -0.2) is 19.5 Å². The van der Waals surface area contributed by atoms with Crippen LogP contribution in [0.2, 0.25) is 0 Å². The van der Waals surface area contributed by atoms with Crippen molar-refractivity contribution in [2.75, 3.05) is 0 Å². The molecule has 17 heavy (non-hydrogen) atoms. The Kier molecular flexibility index (Phi) is 2.11. The molecule has 0 aliphatic heterocycles. The third-order valence-electron chi connectivity index (χ3n) is 2.60. The van der Waals surface area contributed by atoms with Crippen LogP contribution < -0.4 is 0 Å². The molecule has 0 spiro atoms. The average molecular weight is 229 g/mol. The van der Waals surface area contributed by atoms with Gasteiger partial charge in [0.1, 0.15) is 11.5 Å². The van der Waals surface area contributed by atoms with Gasteiger partial charge in [0.25, 0.3) is 0 Å². The number of aromatic hydroxyl groups is 1. The number of aromatic nitrogens is 3. The Morgan fingerprint density at radius 1 is 1.47 bits per heavy atom. The van der Waals surface area contributed by atoms with Crippen molar-refractivity contribution in [1.82, 2.24) is 14.4 Å². The summed E-state index contributed by atoms with van der Waals surface area (Å²) in [4.78, 5) is 8.46. The Morgan fingerprint density at radius 3 is 3.12 bits per heavy atom. The van der Waals surface area contributed by atoms with Crippen LogP contribution in [0, 0.1) is 6.92 Å². The number of nitrogens with zero attached hydrogens (tertiary/aromatic N) is 3. The first-order valence-corrected chi connectivity index (χ1v) is 5.29. The summed E-state index contributed by atoms with van der Waals surface area (Å²) in [7, 11) is 0. The summed E-state index contributed by atoms with van der Waals surface area (Å²) < 4.78 is 6.86. The minimum Gasteiger partial charge on any atom is -0.493 e. The lowest BCUT2D eigenvalue weighted by Crippen LogP contribution is -1.88. The molecular weight excluding hydrogens is 218 g/mol. The zero-order chi connectivity index (χ0) is 11.8. The molecule has 0 saturated carbocycles. The molecule has 0 aromatic carbocycles. The molecule has 86 valence electrons. The SMILES string of the molecule is Cc1cn2c(O)c(Cc3ccco3)nc2cn1. The quantitative estimate of drug-likeness (QED) is 0.729. The predicted molar refractivity (Wildman–Crippen MR) is 60.9 cm³/mol. The maximum atomic E-state index is 10.0. The van der Waals surface area contributed by atoms with Crippen molar-refractivity contribution in [1.29, 1.82) is 0 Å². The van der Waals surface area contributed by atoms with E-state index in [-0.39, 0.29) is 5.88 Å². The Bertz CT molecular complexity index is 656. The van der Waals surface area contributed by atoms with Crippen LogP contribution in [0.25, 0.3) is 5.65 Å². The summed E-state index contributed by atoms with van der Waals surface area (Å²) in [6.07, 6.45) is 5.47. The standard InChI is InChI=1S/C12H11N3O2/c1-8-7-15-11(6-13-8)14-10(12(15)16)5-9-3-2-4-17-9/h2-4,6-7,16H,5H2,1H3. The monoisotopic (exact) mass is 229 g/mol. The Morgan fingerprint density at radius 2 is 2.35 bits per heavy atom. The number of furan rings is 1. The average Bonchev–Trinajstić information content (AvgIpc) is 2.91. The molecule has 0 unspecified atom stereocenters. The molecule has 3 aromatic heterocycles. The predicted octanol–water partition coefficient (Wildman–Crippen LogP) is 1.93. The highest BCUT2D eigenvalue weighted by atomic mass is 16.3. The smallest absolute Gasteiger partial charge is 0.219 e. The lowest BCUT2D eigenvalue weighted by atomic mass is 10.2. The topological polar surface area (TPSA) is 63.6 Å². The maximum absolute atomic E-state index is 10.0. The lowest BCUT2D eigenvalue weighted by Gasteiger charge is -1.96. The molecule has 0 saturated heterocycles. The minimum atomic E-state index is 0.141. The van der Waals surface area contributed by atoms with Gasteiger partial charge in [-0.05, 0) is 19.1 Å². The number of aryl methyl sites for hydroxylation is 1. The largest absolute Gasteiger partial charge is 0.493 e. The number of hydrogen-bond acceptors (Lipinski definition) is 4. The highest BCUT2D eigenvalue weighted by Crippen LogP contribution is 2.21. The van der Waals surface area contributed by atoms with Crippen LogP contribution in [0.3, 0.4) is 0 Å². The normalized spacial score (nSPS) is 11.1. The highest BCUT2D eigenvalue weighted by Gasteiger charge is 2.12. The first-order valence-electron chi connectivity index (χ1n) is 5.29. The Balaban J connectivity index is 2.08. The summed E-state index contributed by atoms with van der Waals surface area (Å²) in [6, 6.07) is 3.67. The van der Waals surface area contributed by atoms with Crippen molar-refractivity contribution in [3.8, 4) is 5.88 Å². The van der Waals surface area contributed by atoms with E-state index >= 15 is 0 Å². The third-order valence-corrected chi connectivity index (χ3v) is 2.60. The van der Waals surface area contributed by atoms with Crippen LogP contribution in [0.1, 0.15) is 17.1 Å². The molecule has 0 fully saturated rings. The first kappa shape index (κ1) is 9.89. The van der Waals surface area contributed by atoms with Crippen molar-refractivity contribution in [3.63, 3.8) is 0 Å². The molecule has 0 atom stereocenters. The summed E-state index contributed by atoms with van der Waals surface area (Å²) in [5.41, 5.74) is 2.05. The van der Waals surface area contributed by atoms with E-state index in [1.165, 1.54) is 0 Å². The summed E-state index contributed by atoms with van der Waals surface area (Å²) in [5.74, 6) is 0.912. The highest BCUT2D eigenvalue weighted by molar-refractivity contribution is 5.44. The number of fused-ring (bicyclic) bond motifs is 1. The van der Waals surface area contributed by atoms with Gasteiger partial charge in [0, 0.05) is 6.20 Å². The van der Waals surface area contributed by atoms with Gasteiger partial charge in [-0.2, -0.15) is 0 Å². The van der Waals surface area contributed by atoms with E-state index in [2.05, 4.69) is 9.97 Å². The van der Waals surface area contributed by atoms with E-state index in [1.807, 2.05) is 19.1 Å². The van der Waals surface area contributed by atoms with Gasteiger partial charge < -0.3 is 9.52 Å². The zero-order valence-corrected chi connectivity index (χ0v) is 9.29. The molecular formula is C12H11N3O2. The van der Waals surface area contributed by atoms with Gasteiger partial charge in [-0.1, -0.05) is 0 Å². The van der Waals surface area contributed by atoms with E-state index in [0.29, 0.717) is 17.8 Å². The van der Waals surface area contributed by atoms with Crippen molar-refractivity contribution in [2.45, 2.75) is 13.3 Å². The van der Waals surface area contributed by atoms with E-state index < -0.39 is 0 Å². The number of hydrogen-bond donors (Lipinski definition) is 1. The minimum absolute atomic E-state index is 0.141. The maximum Gasteiger partial charge on any atom is 0.219 e. The molecule has 3 rings (SSSR count). The van der Waals surface area contributed by atoms with Crippen molar-refractivity contribution in [3.05, 3.63) is 47.9 Å². The lowest BCUT2D eigenvalue weighted by molar-refractivity contribution is 0.438. The van der Waals surface area contributed by atoms with E-state index in [9.17, 15) is 5.11 Å². The van der Waals surface area contributed by atoms with E-state index in [1.54, 1.807) is 23.1 Å². The summed E-state index contributed by atoms with van der Waals surface area (Å²) in [5, 5.41) is 10.0. The second kappa shape index (κ2) is 3.62. The van der Waals surface area contributed by atoms with Crippen molar-refractivity contribution < 1.29 is 9.52 Å². The fourth-order valence-corrected chi connectivity index (χ4v) is 1.78. The summed E-state index contributed by atoms with van der Waals surface area (Å²) in [6.45, 7) is 1.87. The van der Waals surface area contributed by atoms with Gasteiger partial charge in [-0.3, -0.25) is 9.38 Å². The van der Waals surface area contributed by atoms with Gasteiger partial charge in [0.2, 0.25) is 5.88 Å². The van der Waals surface area contributed by atoms with Crippen LogP contribution in [0.5, 0.6) is 5.88 Å². The fraction of sp³-hybridized carbons (Fsp3) is 0.167. The Labute approximate surface area is 97.4 Å². The van der Waals surface area contributed by atoms with Gasteiger partial charge in [-0.25, -0.2) is 4.98 Å². The molecule has 1 N–H and O–H groups in total. The molecule has 0 aliphatic carbocycles. The van der Waals surface area contributed by atoms with Crippen LogP contribution in [-0.2, 0) is 6.42 Å². The second-order valence-electron chi connectivity index (χ2n) is 3.90. The van der Waals surface area contributed by atoms with E-state index in [0.717, 1.165) is 11.5 Å². The first-order chi connectivity index (χ1) is 8.24. The molecule has 3 aromatic rings. The van der Waals surface area contributed by atoms with Gasteiger partial charge in [0.15, 0.2) is 5.65 Å². The fourth-order valence-electron chi connectivity index (χ4n) is 1.78. The molecule has 0 aliphatic rings. The summed E-state index contributed by atoms with van der Waals surface area (Å²) >= 11 is 0. The van der Waals surface area contributed by atoms with Crippen LogP contribution in [0.4, 0.5) is 0 Å². The molecule has 0 amide bonds. The van der Waals surface area contributed by atoms with Gasteiger partial charge >= 0.3 is 0 Å². The molecule has 5 heteroatoms.